The van der Waals surface area contributed by atoms with Gasteiger partial charge in [0.15, 0.2) is 0 Å². The average Bonchev–Trinajstić information content (AvgIpc) is 2.84. The van der Waals surface area contributed by atoms with Crippen LogP contribution in [0.2, 0.25) is 10.0 Å². The number of nitrogens with one attached hydrogen (secondary N) is 1. The molecule has 0 saturated heterocycles. The van der Waals surface area contributed by atoms with E-state index < -0.39 is 0 Å². The fourth-order valence-corrected chi connectivity index (χ4v) is 4.81. The first kappa shape index (κ1) is 18.3. The molecule has 0 fully saturated rings. The van der Waals surface area contributed by atoms with Gasteiger partial charge in [-0.2, -0.15) is 0 Å². The molecule has 0 saturated carbocycles. The van der Waals surface area contributed by atoms with Crippen molar-refractivity contribution in [3.8, 4) is 0 Å². The molecular weight excluding hydrogens is 399 g/mol. The van der Waals surface area contributed by atoms with Crippen LogP contribution in [-0.2, 0) is 17.6 Å². The van der Waals surface area contributed by atoms with E-state index in [0.29, 0.717) is 21.5 Å². The minimum absolute atomic E-state index is 0.0225. The second-order valence-electron chi connectivity index (χ2n) is 5.35. The van der Waals surface area contributed by atoms with E-state index in [4.69, 9.17) is 23.2 Å². The highest BCUT2D eigenvalue weighted by Crippen LogP contribution is 2.28. The smallest absolute Gasteiger partial charge is 0.307 e. The highest BCUT2D eigenvalue weighted by Gasteiger charge is 2.09. The Bertz CT molecular complexity index is 978. The molecule has 0 spiro atoms. The molecule has 0 atom stereocenters. The first-order chi connectivity index (χ1) is 12.0. The number of rotatable bonds is 5. The van der Waals surface area contributed by atoms with Gasteiger partial charge in [-0.15, -0.1) is 11.8 Å². The SMILES string of the molecule is Cn1c(=O)sc2cc(NC(=O)CSCc3c(Cl)cccc3Cl)ccc21. The molecule has 0 unspecified atom stereocenters. The summed E-state index contributed by atoms with van der Waals surface area (Å²) in [7, 11) is 1.73. The number of halogens is 2. The molecule has 1 amide bonds. The summed E-state index contributed by atoms with van der Waals surface area (Å²) in [6, 6.07) is 10.8. The number of thioether (sulfide) groups is 1. The third kappa shape index (κ3) is 4.20. The van der Waals surface area contributed by atoms with E-state index in [0.717, 1.165) is 27.1 Å². The van der Waals surface area contributed by atoms with Crippen molar-refractivity contribution in [2.75, 3.05) is 11.1 Å². The van der Waals surface area contributed by atoms with Gasteiger partial charge in [0.1, 0.15) is 0 Å². The van der Waals surface area contributed by atoms with Crippen molar-refractivity contribution in [1.82, 2.24) is 4.57 Å². The average molecular weight is 413 g/mol. The van der Waals surface area contributed by atoms with Crippen molar-refractivity contribution in [3.05, 3.63) is 61.7 Å². The van der Waals surface area contributed by atoms with E-state index in [9.17, 15) is 9.59 Å². The maximum absolute atomic E-state index is 12.1. The van der Waals surface area contributed by atoms with Crippen LogP contribution in [0.25, 0.3) is 10.2 Å². The van der Waals surface area contributed by atoms with E-state index in [1.807, 2.05) is 12.1 Å². The zero-order valence-electron chi connectivity index (χ0n) is 13.2. The Hall–Kier alpha value is -1.47. The molecule has 1 N–H and O–H groups in total. The van der Waals surface area contributed by atoms with Gasteiger partial charge in [-0.05, 0) is 35.9 Å². The Morgan fingerprint density at radius 3 is 2.68 bits per heavy atom. The van der Waals surface area contributed by atoms with Crippen molar-refractivity contribution >= 4 is 68.1 Å². The standard InChI is InChI=1S/C17H14Cl2N2O2S2/c1-21-14-6-5-10(7-15(14)25-17(21)23)20-16(22)9-24-8-11-12(18)3-2-4-13(11)19/h2-7H,8-9H2,1H3,(H,20,22). The number of thiazole rings is 1. The highest BCUT2D eigenvalue weighted by atomic mass is 35.5. The second kappa shape index (κ2) is 7.83. The van der Waals surface area contributed by atoms with Crippen LogP contribution in [0.3, 0.4) is 0 Å². The molecule has 1 heterocycles. The molecule has 0 aliphatic rings. The van der Waals surface area contributed by atoms with Gasteiger partial charge in [0, 0.05) is 28.5 Å². The molecule has 3 rings (SSSR count). The lowest BCUT2D eigenvalue weighted by atomic mass is 10.2. The van der Waals surface area contributed by atoms with E-state index in [2.05, 4.69) is 5.32 Å². The zero-order chi connectivity index (χ0) is 18.0. The minimum Gasteiger partial charge on any atom is -0.325 e. The number of nitrogens with zero attached hydrogens (tertiary/aromatic N) is 1. The maximum atomic E-state index is 12.1. The van der Waals surface area contributed by atoms with Crippen LogP contribution in [0, 0.1) is 0 Å². The molecule has 25 heavy (non-hydrogen) atoms. The summed E-state index contributed by atoms with van der Waals surface area (Å²) in [5.41, 5.74) is 2.37. The van der Waals surface area contributed by atoms with Crippen LogP contribution in [0.5, 0.6) is 0 Å². The number of hydrogen-bond acceptors (Lipinski definition) is 4. The lowest BCUT2D eigenvalue weighted by Gasteiger charge is -2.08. The van der Waals surface area contributed by atoms with Crippen LogP contribution in [-0.4, -0.2) is 16.2 Å². The molecule has 1 aromatic heterocycles. The first-order valence-corrected chi connectivity index (χ1v) is 10.1. The van der Waals surface area contributed by atoms with Gasteiger partial charge < -0.3 is 9.88 Å². The fourth-order valence-electron chi connectivity index (χ4n) is 2.32. The molecule has 0 bridgehead atoms. The number of aryl methyl sites for hydroxylation is 1. The Morgan fingerprint density at radius 2 is 1.96 bits per heavy atom. The monoisotopic (exact) mass is 412 g/mol. The fraction of sp³-hybridized carbons (Fsp3) is 0.176. The summed E-state index contributed by atoms with van der Waals surface area (Å²) in [5.74, 6) is 0.728. The number of carbonyl (C=O) groups is 1. The summed E-state index contributed by atoms with van der Waals surface area (Å²) in [4.78, 5) is 23.8. The summed E-state index contributed by atoms with van der Waals surface area (Å²) in [6.07, 6.45) is 0. The van der Waals surface area contributed by atoms with Crippen molar-refractivity contribution in [2.24, 2.45) is 7.05 Å². The largest absolute Gasteiger partial charge is 0.325 e. The number of aromatic nitrogens is 1. The predicted octanol–water partition coefficient (Wildman–Crippen LogP) is 4.78. The quantitative estimate of drug-likeness (QED) is 0.655. The number of carbonyl (C=O) groups excluding carboxylic acids is 1. The number of amides is 1. The second-order valence-corrected chi connectivity index (χ2v) is 8.14. The number of fused-ring (bicyclic) bond motifs is 1. The zero-order valence-corrected chi connectivity index (χ0v) is 16.4. The lowest BCUT2D eigenvalue weighted by molar-refractivity contribution is -0.113. The maximum Gasteiger partial charge on any atom is 0.307 e. The van der Waals surface area contributed by atoms with Crippen LogP contribution >= 0.6 is 46.3 Å². The number of hydrogen-bond donors (Lipinski definition) is 1. The molecule has 4 nitrogen and oxygen atoms in total. The third-order valence-electron chi connectivity index (χ3n) is 3.62. The van der Waals surface area contributed by atoms with Crippen molar-refractivity contribution in [3.63, 3.8) is 0 Å². The molecule has 3 aromatic rings. The van der Waals surface area contributed by atoms with Crippen molar-refractivity contribution in [1.29, 1.82) is 0 Å². The number of anilines is 1. The van der Waals surface area contributed by atoms with Crippen LogP contribution in [0.4, 0.5) is 5.69 Å². The predicted molar refractivity (Wildman–Crippen MR) is 108 cm³/mol. The minimum atomic E-state index is -0.115. The molecule has 0 radical (unpaired) electrons. The molecule has 8 heteroatoms. The van der Waals surface area contributed by atoms with E-state index in [1.54, 1.807) is 35.9 Å². The Balaban J connectivity index is 1.60. The van der Waals surface area contributed by atoms with Gasteiger partial charge in [0.2, 0.25) is 5.91 Å². The van der Waals surface area contributed by atoms with Crippen LogP contribution < -0.4 is 10.2 Å². The van der Waals surface area contributed by atoms with Gasteiger partial charge >= 0.3 is 4.87 Å². The molecule has 0 aliphatic carbocycles. The molecule has 0 aliphatic heterocycles. The Labute approximate surface area is 162 Å². The third-order valence-corrected chi connectivity index (χ3v) is 6.28. The Kier molecular flexibility index (Phi) is 5.74. The number of benzene rings is 2. The van der Waals surface area contributed by atoms with Crippen molar-refractivity contribution < 1.29 is 4.79 Å². The van der Waals surface area contributed by atoms with Gasteiger partial charge in [-0.25, -0.2) is 0 Å². The summed E-state index contributed by atoms with van der Waals surface area (Å²) in [6.45, 7) is 0. The highest BCUT2D eigenvalue weighted by molar-refractivity contribution is 7.99. The van der Waals surface area contributed by atoms with E-state index in [-0.39, 0.29) is 16.5 Å². The van der Waals surface area contributed by atoms with E-state index >= 15 is 0 Å². The molecule has 2 aromatic carbocycles. The first-order valence-electron chi connectivity index (χ1n) is 7.36. The van der Waals surface area contributed by atoms with Crippen LogP contribution in [0.15, 0.2) is 41.2 Å². The lowest BCUT2D eigenvalue weighted by Crippen LogP contribution is -2.14. The molecular formula is C17H14Cl2N2O2S2. The topological polar surface area (TPSA) is 51.1 Å². The van der Waals surface area contributed by atoms with Gasteiger partial charge in [0.25, 0.3) is 0 Å². The summed E-state index contributed by atoms with van der Waals surface area (Å²) >= 11 is 14.8. The van der Waals surface area contributed by atoms with Crippen LogP contribution in [0.1, 0.15) is 5.56 Å². The summed E-state index contributed by atoms with van der Waals surface area (Å²) < 4.78 is 2.44. The van der Waals surface area contributed by atoms with Gasteiger partial charge in [-0.3, -0.25) is 9.59 Å². The molecule has 130 valence electrons. The van der Waals surface area contributed by atoms with Gasteiger partial charge in [-0.1, -0.05) is 40.6 Å². The normalized spacial score (nSPS) is 11.0. The van der Waals surface area contributed by atoms with Crippen molar-refractivity contribution in [2.45, 2.75) is 5.75 Å². The van der Waals surface area contributed by atoms with E-state index in [1.165, 1.54) is 11.8 Å². The summed E-state index contributed by atoms with van der Waals surface area (Å²) in [5, 5.41) is 4.05. The Morgan fingerprint density at radius 1 is 1.24 bits per heavy atom. The van der Waals surface area contributed by atoms with Gasteiger partial charge in [0.05, 0.1) is 16.0 Å².